The van der Waals surface area contributed by atoms with Gasteiger partial charge in [0.25, 0.3) is 0 Å². The summed E-state index contributed by atoms with van der Waals surface area (Å²) in [5.41, 5.74) is 2.00. The largest absolute Gasteiger partial charge is 0.493 e. The van der Waals surface area contributed by atoms with Gasteiger partial charge >= 0.3 is 0 Å². The smallest absolute Gasteiger partial charge is 0.220 e. The fourth-order valence-electron chi connectivity index (χ4n) is 3.32. The lowest BCUT2D eigenvalue weighted by Crippen LogP contribution is -2.37. The molecular weight excluding hydrogens is 352 g/mol. The van der Waals surface area contributed by atoms with Gasteiger partial charge < -0.3 is 19.7 Å². The van der Waals surface area contributed by atoms with Crippen molar-refractivity contribution in [2.45, 2.75) is 31.7 Å². The number of carbonyl (C=O) groups excluding carboxylic acids is 1. The molecule has 5 nitrogen and oxygen atoms in total. The van der Waals surface area contributed by atoms with Crippen LogP contribution in [0.4, 0.5) is 0 Å². The van der Waals surface area contributed by atoms with Crippen LogP contribution in [0.3, 0.4) is 0 Å². The summed E-state index contributed by atoms with van der Waals surface area (Å²) in [7, 11) is 7.25. The van der Waals surface area contributed by atoms with Gasteiger partial charge in [-0.05, 0) is 42.8 Å². The first-order valence-corrected chi connectivity index (χ1v) is 9.49. The maximum atomic E-state index is 12.6. The summed E-state index contributed by atoms with van der Waals surface area (Å²) in [6.45, 7) is 4.71. The number of hydrogen-bond donors (Lipinski definition) is 1. The van der Waals surface area contributed by atoms with Crippen LogP contribution in [0.25, 0.3) is 0 Å². The summed E-state index contributed by atoms with van der Waals surface area (Å²) < 4.78 is 10.7. The van der Waals surface area contributed by atoms with Crippen LogP contribution in [-0.2, 0) is 10.2 Å². The Morgan fingerprint density at radius 3 is 2.25 bits per heavy atom. The van der Waals surface area contributed by atoms with Gasteiger partial charge in [-0.1, -0.05) is 50.2 Å². The van der Waals surface area contributed by atoms with Crippen LogP contribution in [0, 0.1) is 0 Å². The molecule has 5 heteroatoms. The molecule has 0 spiro atoms. The Hall–Kier alpha value is -2.53. The number of nitrogens with one attached hydrogen (secondary N) is 1. The van der Waals surface area contributed by atoms with E-state index in [1.165, 1.54) is 0 Å². The lowest BCUT2D eigenvalue weighted by molar-refractivity contribution is -0.122. The molecule has 0 heterocycles. The minimum atomic E-state index is -0.220. The zero-order chi connectivity index (χ0) is 20.7. The number of amides is 1. The normalized spacial score (nSPS) is 12.5. The summed E-state index contributed by atoms with van der Waals surface area (Å²) in [5.74, 6) is 1.42. The Kier molecular flexibility index (Phi) is 7.46. The van der Waals surface area contributed by atoms with E-state index < -0.39 is 0 Å². The molecule has 1 atom stereocenters. The molecule has 152 valence electrons. The average Bonchev–Trinajstić information content (AvgIpc) is 2.68. The molecule has 1 N–H and O–H groups in total. The molecular formula is C23H32N2O3. The standard InChI is InChI=1S/C23H32N2O3/c1-23(2,18-10-8-7-9-11-18)15-22(26)24-16-19(25(3)4)17-12-13-20(27-5)21(14-17)28-6/h7-14,19H,15-16H2,1-6H3,(H,24,26). The molecule has 28 heavy (non-hydrogen) atoms. The fraction of sp³-hybridized carbons (Fsp3) is 0.435. The zero-order valence-electron chi connectivity index (χ0n) is 17.8. The number of methoxy groups -OCH3 is 2. The van der Waals surface area contributed by atoms with E-state index in [1.807, 2.05) is 50.5 Å². The molecule has 0 bridgehead atoms. The van der Waals surface area contributed by atoms with E-state index in [2.05, 4.69) is 36.2 Å². The van der Waals surface area contributed by atoms with Gasteiger partial charge in [-0.25, -0.2) is 0 Å². The van der Waals surface area contributed by atoms with Crippen molar-refractivity contribution in [3.8, 4) is 11.5 Å². The quantitative estimate of drug-likeness (QED) is 0.715. The molecule has 0 radical (unpaired) electrons. The van der Waals surface area contributed by atoms with Crippen molar-refractivity contribution >= 4 is 5.91 Å². The Morgan fingerprint density at radius 1 is 1.04 bits per heavy atom. The first kappa shape index (κ1) is 21.8. The molecule has 0 aliphatic carbocycles. The van der Waals surface area contributed by atoms with Gasteiger partial charge in [-0.15, -0.1) is 0 Å². The van der Waals surface area contributed by atoms with Crippen LogP contribution in [0.1, 0.15) is 37.4 Å². The highest BCUT2D eigenvalue weighted by molar-refractivity contribution is 5.77. The van der Waals surface area contributed by atoms with Crippen molar-refractivity contribution in [3.05, 3.63) is 59.7 Å². The molecule has 2 aromatic carbocycles. The van der Waals surface area contributed by atoms with Gasteiger partial charge in [0.05, 0.1) is 20.3 Å². The molecule has 0 aromatic heterocycles. The SMILES string of the molecule is COc1ccc(C(CNC(=O)CC(C)(C)c2ccccc2)N(C)C)cc1OC. The van der Waals surface area contributed by atoms with Crippen molar-refractivity contribution in [3.63, 3.8) is 0 Å². The number of likely N-dealkylation sites (N-methyl/N-ethyl adjacent to an activating group) is 1. The number of benzene rings is 2. The van der Waals surface area contributed by atoms with Crippen molar-refractivity contribution in [1.82, 2.24) is 10.2 Å². The predicted molar refractivity (Wildman–Crippen MR) is 113 cm³/mol. The average molecular weight is 385 g/mol. The Bertz CT molecular complexity index is 773. The minimum Gasteiger partial charge on any atom is -0.493 e. The first-order valence-electron chi connectivity index (χ1n) is 9.49. The second-order valence-electron chi connectivity index (χ2n) is 7.82. The third-order valence-corrected chi connectivity index (χ3v) is 5.07. The van der Waals surface area contributed by atoms with Crippen molar-refractivity contribution < 1.29 is 14.3 Å². The van der Waals surface area contributed by atoms with Crippen LogP contribution in [0.5, 0.6) is 11.5 Å². The summed E-state index contributed by atoms with van der Waals surface area (Å²) in [6.07, 6.45) is 0.434. The summed E-state index contributed by atoms with van der Waals surface area (Å²) in [4.78, 5) is 14.7. The highest BCUT2D eigenvalue weighted by Crippen LogP contribution is 2.31. The first-order chi connectivity index (χ1) is 13.3. The molecule has 0 fully saturated rings. The van der Waals surface area contributed by atoms with Crippen molar-refractivity contribution in [2.75, 3.05) is 34.9 Å². The molecule has 0 aliphatic rings. The van der Waals surface area contributed by atoms with Crippen LogP contribution in [0.2, 0.25) is 0 Å². The lowest BCUT2D eigenvalue weighted by Gasteiger charge is -2.28. The molecule has 2 rings (SSSR count). The van der Waals surface area contributed by atoms with Crippen LogP contribution in [0.15, 0.2) is 48.5 Å². The maximum Gasteiger partial charge on any atom is 0.220 e. The second-order valence-corrected chi connectivity index (χ2v) is 7.82. The van der Waals surface area contributed by atoms with Gasteiger partial charge in [0.1, 0.15) is 0 Å². The second kappa shape index (κ2) is 9.60. The Morgan fingerprint density at radius 2 is 1.68 bits per heavy atom. The fourth-order valence-corrected chi connectivity index (χ4v) is 3.32. The summed E-state index contributed by atoms with van der Waals surface area (Å²) >= 11 is 0. The Labute approximate surface area is 168 Å². The van der Waals surface area contributed by atoms with Gasteiger partial charge in [0.15, 0.2) is 11.5 Å². The van der Waals surface area contributed by atoms with Crippen molar-refractivity contribution in [2.24, 2.45) is 0 Å². The molecule has 0 saturated heterocycles. The number of carbonyl (C=O) groups is 1. The molecule has 2 aromatic rings. The lowest BCUT2D eigenvalue weighted by atomic mass is 9.81. The van der Waals surface area contributed by atoms with Crippen LogP contribution < -0.4 is 14.8 Å². The number of hydrogen-bond acceptors (Lipinski definition) is 4. The molecule has 0 aliphatic heterocycles. The van der Waals surface area contributed by atoms with E-state index in [0.29, 0.717) is 24.5 Å². The van der Waals surface area contributed by atoms with Crippen molar-refractivity contribution in [1.29, 1.82) is 0 Å². The predicted octanol–water partition coefficient (Wildman–Crippen LogP) is 3.79. The van der Waals surface area contributed by atoms with E-state index in [4.69, 9.17) is 9.47 Å². The van der Waals surface area contributed by atoms with Gasteiger partial charge in [-0.3, -0.25) is 4.79 Å². The number of ether oxygens (including phenoxy) is 2. The third-order valence-electron chi connectivity index (χ3n) is 5.07. The topological polar surface area (TPSA) is 50.8 Å². The van der Waals surface area contributed by atoms with E-state index in [9.17, 15) is 4.79 Å². The highest BCUT2D eigenvalue weighted by Gasteiger charge is 2.25. The third kappa shape index (κ3) is 5.49. The van der Waals surface area contributed by atoms with E-state index in [-0.39, 0.29) is 17.4 Å². The molecule has 1 unspecified atom stereocenters. The van der Waals surface area contributed by atoms with Crippen LogP contribution >= 0.6 is 0 Å². The highest BCUT2D eigenvalue weighted by atomic mass is 16.5. The van der Waals surface area contributed by atoms with E-state index in [1.54, 1.807) is 14.2 Å². The zero-order valence-corrected chi connectivity index (χ0v) is 17.8. The maximum absolute atomic E-state index is 12.6. The van der Waals surface area contributed by atoms with E-state index >= 15 is 0 Å². The van der Waals surface area contributed by atoms with Gasteiger partial charge in [0.2, 0.25) is 5.91 Å². The van der Waals surface area contributed by atoms with E-state index in [0.717, 1.165) is 11.1 Å². The number of nitrogens with zero attached hydrogens (tertiary/aromatic N) is 1. The van der Waals surface area contributed by atoms with Gasteiger partial charge in [-0.2, -0.15) is 0 Å². The van der Waals surface area contributed by atoms with Crippen LogP contribution in [-0.4, -0.2) is 45.7 Å². The summed E-state index contributed by atoms with van der Waals surface area (Å²) in [5, 5.41) is 3.10. The molecule has 0 saturated carbocycles. The van der Waals surface area contributed by atoms with Gasteiger partial charge in [0, 0.05) is 13.0 Å². The monoisotopic (exact) mass is 384 g/mol. The number of rotatable bonds is 9. The molecule has 1 amide bonds. The summed E-state index contributed by atoms with van der Waals surface area (Å²) in [6, 6.07) is 16.0. The minimum absolute atomic E-state index is 0.0311. The Balaban J connectivity index is 2.06.